The average molecular weight is 899 g/mol. The van der Waals surface area contributed by atoms with Crippen LogP contribution in [-0.4, -0.2) is 36.7 Å². The van der Waals surface area contributed by atoms with Crippen LogP contribution in [0.2, 0.25) is 0 Å². The molecule has 0 bridgehead atoms. The number of ketones is 2. The summed E-state index contributed by atoms with van der Waals surface area (Å²) in [5.74, 6) is 0.244. The minimum Gasteiger partial charge on any atom is -0.466 e. The molecule has 7 rings (SSSR count). The molecule has 0 aliphatic heterocycles. The Hall–Kier alpha value is -5.66. The van der Waals surface area contributed by atoms with Crippen molar-refractivity contribution in [1.82, 2.24) is 0 Å². The minimum absolute atomic E-state index is 0.0258. The normalized spacial score (nSPS) is 11.0. The number of esters is 2. The lowest BCUT2D eigenvalue weighted by Gasteiger charge is -2.07. The summed E-state index contributed by atoms with van der Waals surface area (Å²) in [7, 11) is 0. The van der Waals surface area contributed by atoms with E-state index in [2.05, 4.69) is 24.3 Å². The van der Waals surface area contributed by atoms with Gasteiger partial charge in [0.25, 0.3) is 0 Å². The fourth-order valence-electron chi connectivity index (χ4n) is 6.76. The number of carbonyl (C=O) groups is 4. The second kappa shape index (κ2) is 20.9. The van der Waals surface area contributed by atoms with E-state index in [1.807, 2.05) is 108 Å². The van der Waals surface area contributed by atoms with Crippen molar-refractivity contribution in [3.05, 3.63) is 188 Å². The van der Waals surface area contributed by atoms with E-state index in [1.54, 1.807) is 61.6 Å². The number of pyridine rings is 2. The molecule has 314 valence electrons. The van der Waals surface area contributed by atoms with Gasteiger partial charge in [-0.05, 0) is 49.9 Å². The van der Waals surface area contributed by atoms with E-state index in [1.165, 1.54) is 22.7 Å². The van der Waals surface area contributed by atoms with Gasteiger partial charge in [-0.2, -0.15) is 9.13 Å². The maximum atomic E-state index is 14.0. The summed E-state index contributed by atoms with van der Waals surface area (Å²) in [6.45, 7) is 8.11. The van der Waals surface area contributed by atoms with Gasteiger partial charge in [0.1, 0.15) is 8.42 Å². The van der Waals surface area contributed by atoms with Gasteiger partial charge in [-0.3, -0.25) is 19.2 Å². The number of rotatable bonds is 18. The lowest BCUT2D eigenvalue weighted by molar-refractivity contribution is -0.598. The number of carbonyl (C=O) groups excluding carboxylic acids is 4. The van der Waals surface area contributed by atoms with E-state index in [-0.39, 0.29) is 49.6 Å². The molecule has 7 aromatic rings. The Morgan fingerprint density at radius 1 is 0.516 bits per heavy atom. The standard InChI is InChI=1S/C50H46N2O6S4/c1-5-57-41(53)29-39-43(51-25-21-33(3)22-26-51)49(61-47(39)45(55)37-13-9-7-10-14-37)59-31-35-17-19-36(20-18-35)32-60-50-44(52-27-23-34(4)24-28-52)40(30-42(54)58-6-2)48(62-50)46(56)38-15-11-8-12-16-38/h7-28H,5-6,29-32H2,1-4H3/q+2. The average Bonchev–Trinajstić information content (AvgIpc) is 3.83. The first-order chi connectivity index (χ1) is 30.1. The van der Waals surface area contributed by atoms with Crippen LogP contribution in [0.5, 0.6) is 0 Å². The molecule has 0 fully saturated rings. The van der Waals surface area contributed by atoms with Crippen LogP contribution in [0, 0.1) is 13.8 Å². The molecule has 0 atom stereocenters. The molecule has 0 saturated heterocycles. The maximum absolute atomic E-state index is 14.0. The molecule has 8 nitrogen and oxygen atoms in total. The summed E-state index contributed by atoms with van der Waals surface area (Å²) in [6, 6.07) is 34.8. The van der Waals surface area contributed by atoms with Crippen molar-refractivity contribution in [2.45, 2.75) is 60.5 Å². The lowest BCUT2D eigenvalue weighted by Crippen LogP contribution is -2.31. The summed E-state index contributed by atoms with van der Waals surface area (Å²) in [5, 5.41) is 0. The third-order valence-electron chi connectivity index (χ3n) is 9.90. The first-order valence-electron chi connectivity index (χ1n) is 20.3. The third-order valence-corrected chi connectivity index (χ3v) is 15.0. The second-order valence-electron chi connectivity index (χ2n) is 14.4. The second-order valence-corrected chi connectivity index (χ2v) is 18.9. The van der Waals surface area contributed by atoms with Gasteiger partial charge >= 0.3 is 11.9 Å². The highest BCUT2D eigenvalue weighted by molar-refractivity contribution is 8.00. The van der Waals surface area contributed by atoms with E-state index >= 15 is 0 Å². The SMILES string of the molecule is CCOC(=O)Cc1c(C(=O)c2ccccc2)sc(SCc2ccc(CSc3sc(C(=O)c4ccccc4)c(CC(=O)OCC)c3-[n+]3ccc(C)cc3)cc2)c1-[n+]1ccc(C)cc1. The largest absolute Gasteiger partial charge is 0.466 e. The molecule has 0 amide bonds. The quantitative estimate of drug-likeness (QED) is 0.0364. The molecule has 0 saturated carbocycles. The van der Waals surface area contributed by atoms with Gasteiger partial charge < -0.3 is 9.47 Å². The Morgan fingerprint density at radius 3 is 1.21 bits per heavy atom. The Kier molecular flexibility index (Phi) is 15.0. The van der Waals surface area contributed by atoms with E-state index in [9.17, 15) is 19.2 Å². The van der Waals surface area contributed by atoms with Crippen molar-refractivity contribution in [3.63, 3.8) is 0 Å². The van der Waals surface area contributed by atoms with Gasteiger partial charge in [-0.25, -0.2) is 0 Å². The van der Waals surface area contributed by atoms with Crippen LogP contribution >= 0.6 is 46.2 Å². The first kappa shape index (κ1) is 44.4. The third kappa shape index (κ3) is 10.7. The molecular formula is C50H46N2O6S4+2. The van der Waals surface area contributed by atoms with Crippen molar-refractivity contribution in [1.29, 1.82) is 0 Å². The van der Waals surface area contributed by atoms with Crippen LogP contribution in [0.1, 0.15) is 77.7 Å². The van der Waals surface area contributed by atoms with Crippen molar-refractivity contribution in [2.75, 3.05) is 13.2 Å². The van der Waals surface area contributed by atoms with Crippen LogP contribution in [0.3, 0.4) is 0 Å². The van der Waals surface area contributed by atoms with Crippen molar-refractivity contribution >= 4 is 69.7 Å². The molecule has 0 aliphatic carbocycles. The summed E-state index contributed by atoms with van der Waals surface area (Å²) in [6.07, 6.45) is 7.82. The Bertz CT molecular complexity index is 2490. The zero-order chi connectivity index (χ0) is 43.6. The van der Waals surface area contributed by atoms with Gasteiger partial charge in [0.05, 0.1) is 46.9 Å². The zero-order valence-corrected chi connectivity index (χ0v) is 38.2. The van der Waals surface area contributed by atoms with Gasteiger partial charge in [-0.1, -0.05) is 84.9 Å². The molecule has 4 aromatic heterocycles. The predicted octanol–water partition coefficient (Wildman–Crippen LogP) is 10.2. The van der Waals surface area contributed by atoms with Crippen LogP contribution in [0.15, 0.2) is 142 Å². The first-order valence-corrected chi connectivity index (χ1v) is 23.9. The molecular weight excluding hydrogens is 853 g/mol. The van der Waals surface area contributed by atoms with E-state index in [4.69, 9.17) is 9.47 Å². The summed E-state index contributed by atoms with van der Waals surface area (Å²) < 4.78 is 16.6. The fourth-order valence-corrected chi connectivity index (χ4v) is 11.8. The smallest absolute Gasteiger partial charge is 0.310 e. The number of thioether (sulfide) groups is 2. The molecule has 12 heteroatoms. The number of thiophene rings is 2. The number of aromatic nitrogens is 2. The Balaban J connectivity index is 1.17. The summed E-state index contributed by atoms with van der Waals surface area (Å²) in [4.78, 5) is 55.2. The Morgan fingerprint density at radius 2 is 0.871 bits per heavy atom. The van der Waals surface area contributed by atoms with Crippen molar-refractivity contribution in [2.24, 2.45) is 0 Å². The molecule has 3 aromatic carbocycles. The highest BCUT2D eigenvalue weighted by Crippen LogP contribution is 2.42. The molecule has 0 radical (unpaired) electrons. The van der Waals surface area contributed by atoms with Crippen molar-refractivity contribution in [3.8, 4) is 11.4 Å². The Labute approximate surface area is 378 Å². The highest BCUT2D eigenvalue weighted by Gasteiger charge is 2.33. The number of hydrogen-bond donors (Lipinski definition) is 0. The van der Waals surface area contributed by atoms with Gasteiger partial charge in [0.2, 0.25) is 22.9 Å². The van der Waals surface area contributed by atoms with Crippen LogP contribution in [-0.2, 0) is 43.4 Å². The lowest BCUT2D eigenvalue weighted by atomic mass is 10.0. The molecule has 0 spiro atoms. The van der Waals surface area contributed by atoms with E-state index < -0.39 is 0 Å². The van der Waals surface area contributed by atoms with Gasteiger partial charge in [-0.15, -0.1) is 46.2 Å². The fraction of sp³-hybridized carbons (Fsp3) is 0.200. The molecule has 4 heterocycles. The molecule has 62 heavy (non-hydrogen) atoms. The van der Waals surface area contributed by atoms with Gasteiger partial charge in [0.15, 0.2) is 24.8 Å². The highest BCUT2D eigenvalue weighted by atomic mass is 32.2. The summed E-state index contributed by atoms with van der Waals surface area (Å²) >= 11 is 6.10. The maximum Gasteiger partial charge on any atom is 0.310 e. The predicted molar refractivity (Wildman–Crippen MR) is 247 cm³/mol. The van der Waals surface area contributed by atoms with Crippen molar-refractivity contribution < 1.29 is 37.8 Å². The number of ether oxygens (including phenoxy) is 2. The number of hydrogen-bond acceptors (Lipinski definition) is 10. The molecule has 0 aliphatic rings. The van der Waals surface area contributed by atoms with Crippen LogP contribution in [0.4, 0.5) is 0 Å². The molecule has 0 unspecified atom stereocenters. The summed E-state index contributed by atoms with van der Waals surface area (Å²) in [5.41, 5.74) is 8.44. The van der Waals surface area contributed by atoms with Crippen LogP contribution < -0.4 is 9.13 Å². The van der Waals surface area contributed by atoms with E-state index in [0.29, 0.717) is 43.5 Å². The van der Waals surface area contributed by atoms with E-state index in [0.717, 1.165) is 42.0 Å². The van der Waals surface area contributed by atoms with Crippen LogP contribution in [0.25, 0.3) is 11.4 Å². The number of nitrogens with zero attached hydrogens (tertiary/aromatic N) is 2. The van der Waals surface area contributed by atoms with Gasteiger partial charge in [0, 0.05) is 46.9 Å². The monoisotopic (exact) mass is 898 g/mol. The zero-order valence-electron chi connectivity index (χ0n) is 34.9. The number of aryl methyl sites for hydroxylation is 2. The topological polar surface area (TPSA) is 94.5 Å². The molecule has 0 N–H and O–H groups in total. The minimum atomic E-state index is -0.382. The number of benzene rings is 3.